The van der Waals surface area contributed by atoms with E-state index in [1.807, 2.05) is 34.6 Å². The second kappa shape index (κ2) is 4.78. The van der Waals surface area contributed by atoms with E-state index in [1.54, 1.807) is 0 Å². The van der Waals surface area contributed by atoms with Gasteiger partial charge in [0.25, 0.3) is 0 Å². The quantitative estimate of drug-likeness (QED) is 0.676. The second-order valence-electron chi connectivity index (χ2n) is 4.29. The van der Waals surface area contributed by atoms with E-state index in [4.69, 9.17) is 0 Å². The number of hydrogen-bond donors (Lipinski definition) is 2. The molecule has 3 aromatic rings. The van der Waals surface area contributed by atoms with Crippen molar-refractivity contribution >= 4 is 29.5 Å². The van der Waals surface area contributed by atoms with Crippen molar-refractivity contribution in [1.82, 2.24) is 4.98 Å². The second-order valence-corrected chi connectivity index (χ2v) is 4.77. The highest BCUT2D eigenvalue weighted by atomic mass is 32.1. The Labute approximate surface area is 112 Å². The van der Waals surface area contributed by atoms with Crippen molar-refractivity contribution in [3.8, 4) is 0 Å². The summed E-state index contributed by atoms with van der Waals surface area (Å²) in [6.45, 7) is 0.775. The molecule has 0 unspecified atom stereocenters. The molecule has 0 radical (unpaired) electrons. The summed E-state index contributed by atoms with van der Waals surface area (Å²) in [5, 5.41) is 1.21. The molecule has 1 heterocycles. The summed E-state index contributed by atoms with van der Waals surface area (Å²) < 4.78 is 1.93. The van der Waals surface area contributed by atoms with Gasteiger partial charge in [-0.15, -0.1) is 0 Å². The van der Waals surface area contributed by atoms with Crippen molar-refractivity contribution in [2.75, 3.05) is 4.31 Å². The number of rotatable bonds is 3. The fourth-order valence-corrected chi connectivity index (χ4v) is 2.31. The van der Waals surface area contributed by atoms with Crippen molar-refractivity contribution in [3.63, 3.8) is 0 Å². The molecular formula is C15H14N2S. The monoisotopic (exact) mass is 254 g/mol. The molecule has 3 heteroatoms. The zero-order valence-corrected chi connectivity index (χ0v) is 10.8. The predicted octanol–water partition coefficient (Wildman–Crippen LogP) is 4.02. The van der Waals surface area contributed by atoms with Gasteiger partial charge in [-0.1, -0.05) is 61.3 Å². The smallest absolute Gasteiger partial charge is 0.117 e. The zero-order valence-electron chi connectivity index (χ0n) is 9.88. The molecule has 0 amide bonds. The Hall–Kier alpha value is -1.87. The molecule has 1 aromatic heterocycles. The Kier molecular flexibility index (Phi) is 2.99. The summed E-state index contributed by atoms with van der Waals surface area (Å²) >= 11 is 4.54. The van der Waals surface area contributed by atoms with Crippen LogP contribution in [0.1, 0.15) is 5.56 Å². The minimum atomic E-state index is 0.775. The lowest BCUT2D eigenvalue weighted by atomic mass is 10.2. The number of H-pyrrole nitrogens is 1. The molecule has 2 aromatic carbocycles. The lowest BCUT2D eigenvalue weighted by Gasteiger charge is -2.15. The van der Waals surface area contributed by atoms with Crippen LogP contribution in [0, 0.1) is 0 Å². The van der Waals surface area contributed by atoms with E-state index in [2.05, 4.69) is 48.1 Å². The third-order valence-corrected chi connectivity index (χ3v) is 3.33. The molecule has 0 bridgehead atoms. The average molecular weight is 254 g/mol. The van der Waals surface area contributed by atoms with Gasteiger partial charge in [0.2, 0.25) is 0 Å². The SMILES string of the molecule is SN(Cc1ccccc1)c1cc2ccccc2[nH]1. The number of fused-ring (bicyclic) bond motifs is 1. The third-order valence-electron chi connectivity index (χ3n) is 2.97. The molecule has 0 saturated heterocycles. The van der Waals surface area contributed by atoms with Gasteiger partial charge in [-0.2, -0.15) is 0 Å². The molecule has 0 saturated carbocycles. The maximum atomic E-state index is 4.54. The van der Waals surface area contributed by atoms with Crippen LogP contribution in [0.2, 0.25) is 0 Å². The summed E-state index contributed by atoms with van der Waals surface area (Å²) in [6, 6.07) is 20.7. The van der Waals surface area contributed by atoms with Gasteiger partial charge in [-0.25, -0.2) is 0 Å². The van der Waals surface area contributed by atoms with Crippen LogP contribution in [0.3, 0.4) is 0 Å². The summed E-state index contributed by atoms with van der Waals surface area (Å²) in [5.74, 6) is 1.02. The molecule has 0 aliphatic rings. The first-order valence-corrected chi connectivity index (χ1v) is 6.31. The highest BCUT2D eigenvalue weighted by Crippen LogP contribution is 2.24. The van der Waals surface area contributed by atoms with Gasteiger partial charge in [0.1, 0.15) is 5.82 Å². The molecule has 0 aliphatic carbocycles. The van der Waals surface area contributed by atoms with E-state index in [0.29, 0.717) is 0 Å². The number of aromatic amines is 1. The molecule has 90 valence electrons. The Morgan fingerprint density at radius 2 is 1.67 bits per heavy atom. The van der Waals surface area contributed by atoms with Crippen LogP contribution in [0.5, 0.6) is 0 Å². The first kappa shape index (κ1) is 11.2. The van der Waals surface area contributed by atoms with Crippen LogP contribution in [0.25, 0.3) is 10.9 Å². The summed E-state index contributed by atoms with van der Waals surface area (Å²) in [5.41, 5.74) is 2.38. The van der Waals surface area contributed by atoms with Gasteiger partial charge in [0, 0.05) is 10.9 Å². The maximum absolute atomic E-state index is 4.54. The van der Waals surface area contributed by atoms with Crippen molar-refractivity contribution in [1.29, 1.82) is 0 Å². The highest BCUT2D eigenvalue weighted by Gasteiger charge is 2.06. The number of nitrogens with zero attached hydrogens (tertiary/aromatic N) is 1. The van der Waals surface area contributed by atoms with Gasteiger partial charge < -0.3 is 9.29 Å². The average Bonchev–Trinajstić information content (AvgIpc) is 2.84. The van der Waals surface area contributed by atoms with E-state index in [1.165, 1.54) is 10.9 Å². The molecule has 2 nitrogen and oxygen atoms in total. The number of anilines is 1. The van der Waals surface area contributed by atoms with Crippen molar-refractivity contribution in [2.45, 2.75) is 6.54 Å². The van der Waals surface area contributed by atoms with Crippen LogP contribution >= 0.6 is 12.8 Å². The Bertz CT molecular complexity index is 613. The topological polar surface area (TPSA) is 19.0 Å². The zero-order chi connectivity index (χ0) is 12.4. The molecule has 0 spiro atoms. The van der Waals surface area contributed by atoms with Crippen LogP contribution in [-0.4, -0.2) is 4.98 Å². The van der Waals surface area contributed by atoms with Gasteiger partial charge in [0.05, 0.1) is 6.54 Å². The molecule has 3 rings (SSSR count). The van der Waals surface area contributed by atoms with Crippen LogP contribution in [0.4, 0.5) is 5.82 Å². The number of benzene rings is 2. The Morgan fingerprint density at radius 3 is 2.44 bits per heavy atom. The van der Waals surface area contributed by atoms with E-state index >= 15 is 0 Å². The normalized spacial score (nSPS) is 10.7. The van der Waals surface area contributed by atoms with Gasteiger partial charge >= 0.3 is 0 Å². The fourth-order valence-electron chi connectivity index (χ4n) is 2.04. The van der Waals surface area contributed by atoms with Crippen molar-refractivity contribution < 1.29 is 0 Å². The minimum Gasteiger partial charge on any atom is -0.341 e. The number of aromatic nitrogens is 1. The molecule has 0 atom stereocenters. The van der Waals surface area contributed by atoms with E-state index in [-0.39, 0.29) is 0 Å². The highest BCUT2D eigenvalue weighted by molar-refractivity contribution is 7.81. The minimum absolute atomic E-state index is 0.775. The predicted molar refractivity (Wildman–Crippen MR) is 79.9 cm³/mol. The van der Waals surface area contributed by atoms with E-state index < -0.39 is 0 Å². The Balaban J connectivity index is 1.86. The number of para-hydroxylation sites is 1. The summed E-state index contributed by atoms with van der Waals surface area (Å²) in [6.07, 6.45) is 0. The van der Waals surface area contributed by atoms with Gasteiger partial charge in [0.15, 0.2) is 0 Å². The third kappa shape index (κ3) is 2.22. The maximum Gasteiger partial charge on any atom is 0.117 e. The first-order valence-electron chi connectivity index (χ1n) is 5.91. The molecule has 18 heavy (non-hydrogen) atoms. The van der Waals surface area contributed by atoms with Crippen molar-refractivity contribution in [2.24, 2.45) is 0 Å². The van der Waals surface area contributed by atoms with Crippen molar-refractivity contribution in [3.05, 3.63) is 66.2 Å². The standard InChI is InChI=1S/C15H14N2S/c18-17(11-12-6-2-1-3-7-12)15-10-13-8-4-5-9-14(13)16-15/h1-10,16,18H,11H2. The van der Waals surface area contributed by atoms with Gasteiger partial charge in [-0.3, -0.25) is 0 Å². The van der Waals surface area contributed by atoms with Crippen LogP contribution in [-0.2, 0) is 6.54 Å². The van der Waals surface area contributed by atoms with Crippen LogP contribution in [0.15, 0.2) is 60.7 Å². The van der Waals surface area contributed by atoms with E-state index in [9.17, 15) is 0 Å². The summed E-state index contributed by atoms with van der Waals surface area (Å²) in [4.78, 5) is 3.37. The fraction of sp³-hybridized carbons (Fsp3) is 0.0667. The lowest BCUT2D eigenvalue weighted by molar-refractivity contribution is 1.04. The number of nitrogens with one attached hydrogen (secondary N) is 1. The summed E-state index contributed by atoms with van der Waals surface area (Å²) in [7, 11) is 0. The number of hydrogen-bond acceptors (Lipinski definition) is 2. The molecule has 0 fully saturated rings. The largest absolute Gasteiger partial charge is 0.341 e. The first-order chi connectivity index (χ1) is 8.83. The molecule has 0 aliphatic heterocycles. The Morgan fingerprint density at radius 1 is 0.944 bits per heavy atom. The van der Waals surface area contributed by atoms with E-state index in [0.717, 1.165) is 17.9 Å². The van der Waals surface area contributed by atoms with Gasteiger partial charge in [-0.05, 0) is 17.7 Å². The van der Waals surface area contributed by atoms with Crippen LogP contribution < -0.4 is 4.31 Å². The molecule has 1 N–H and O–H groups in total. The number of thiol groups is 1. The lowest BCUT2D eigenvalue weighted by Crippen LogP contribution is -2.09. The molecular weight excluding hydrogens is 240 g/mol.